The van der Waals surface area contributed by atoms with Crippen molar-refractivity contribution in [1.82, 2.24) is 0 Å². The van der Waals surface area contributed by atoms with Gasteiger partial charge in [0.1, 0.15) is 28.9 Å². The van der Waals surface area contributed by atoms with E-state index in [9.17, 15) is 28.6 Å². The molecule has 0 aliphatic carbocycles. The monoisotopic (exact) mass is 437 g/mol. The summed E-state index contributed by atoms with van der Waals surface area (Å²) in [5.74, 6) is -4.11. The molecule has 0 radical (unpaired) electrons. The number of Topliss-reactive ketones (excluding diaryl/α,β-unsaturated/α-hetero) is 1. The molecular weight excluding hydrogens is 420 g/mol. The minimum atomic E-state index is -1.21. The van der Waals surface area contributed by atoms with Crippen LogP contribution in [0.5, 0.6) is 11.5 Å². The molecule has 1 fully saturated rings. The smallest absolute Gasteiger partial charge is 0.300 e. The van der Waals surface area contributed by atoms with Crippen LogP contribution in [-0.4, -0.2) is 29.0 Å². The number of phenols is 1. The number of ether oxygens (including phenoxy) is 1. The quantitative estimate of drug-likeness (QED) is 0.361. The first kappa shape index (κ1) is 21.0. The number of methoxy groups -OCH3 is 1. The fourth-order valence-electron chi connectivity index (χ4n) is 3.75. The Bertz CT molecular complexity index is 1270. The van der Waals surface area contributed by atoms with Crippen molar-refractivity contribution in [2.45, 2.75) is 6.04 Å². The van der Waals surface area contributed by atoms with E-state index in [1.54, 1.807) is 6.07 Å². The van der Waals surface area contributed by atoms with Gasteiger partial charge in [-0.15, -0.1) is 0 Å². The molecule has 4 rings (SSSR count). The van der Waals surface area contributed by atoms with E-state index >= 15 is 0 Å². The third kappa shape index (κ3) is 3.56. The summed E-state index contributed by atoms with van der Waals surface area (Å²) >= 11 is 0. The van der Waals surface area contributed by atoms with Crippen molar-refractivity contribution in [3.63, 3.8) is 0 Å². The molecule has 8 heteroatoms. The van der Waals surface area contributed by atoms with Crippen molar-refractivity contribution in [1.29, 1.82) is 0 Å². The number of hydrogen-bond acceptors (Lipinski definition) is 5. The fraction of sp³-hybridized carbons (Fsp3) is 0.0833. The van der Waals surface area contributed by atoms with Gasteiger partial charge in [-0.25, -0.2) is 8.78 Å². The Morgan fingerprint density at radius 3 is 2.38 bits per heavy atom. The largest absolute Gasteiger partial charge is 0.508 e. The molecule has 1 atom stereocenters. The van der Waals surface area contributed by atoms with E-state index in [-0.39, 0.29) is 33.9 Å². The summed E-state index contributed by atoms with van der Waals surface area (Å²) in [4.78, 5) is 27.1. The highest BCUT2D eigenvalue weighted by molar-refractivity contribution is 6.51. The van der Waals surface area contributed by atoms with Crippen LogP contribution in [0.4, 0.5) is 14.5 Å². The molecule has 1 unspecified atom stereocenters. The lowest BCUT2D eigenvalue weighted by Crippen LogP contribution is -2.29. The van der Waals surface area contributed by atoms with E-state index in [1.807, 2.05) is 0 Å². The van der Waals surface area contributed by atoms with E-state index in [2.05, 4.69) is 0 Å². The highest BCUT2D eigenvalue weighted by Gasteiger charge is 2.47. The Labute approximate surface area is 181 Å². The first-order chi connectivity index (χ1) is 15.3. The standard InChI is InChI=1S/C24H17F2NO5/c1-32-19-9-8-15(26)12-18(19)22(29)20-21(13-4-2-7-17(28)10-13)27(24(31)23(20)30)16-6-3-5-14(25)11-16/h2-12,21,28-29H,1H3/b22-20+. The number of carbonyl (C=O) groups is 2. The van der Waals surface area contributed by atoms with Gasteiger partial charge >= 0.3 is 0 Å². The molecule has 1 amide bonds. The van der Waals surface area contributed by atoms with Crippen LogP contribution in [0.1, 0.15) is 17.2 Å². The number of phenolic OH excluding ortho intramolecular Hbond substituents is 1. The predicted octanol–water partition coefficient (Wildman–Crippen LogP) is 4.31. The summed E-state index contributed by atoms with van der Waals surface area (Å²) in [7, 11) is 1.31. The van der Waals surface area contributed by atoms with E-state index in [0.29, 0.717) is 0 Å². The Morgan fingerprint density at radius 2 is 1.69 bits per heavy atom. The van der Waals surface area contributed by atoms with Crippen LogP contribution in [0.25, 0.3) is 5.76 Å². The van der Waals surface area contributed by atoms with Gasteiger partial charge in [0.15, 0.2) is 0 Å². The Morgan fingerprint density at radius 1 is 0.969 bits per heavy atom. The van der Waals surface area contributed by atoms with Gasteiger partial charge in [-0.2, -0.15) is 0 Å². The second-order valence-electron chi connectivity index (χ2n) is 7.09. The Balaban J connectivity index is 2.00. The third-order valence-electron chi connectivity index (χ3n) is 5.13. The van der Waals surface area contributed by atoms with Gasteiger partial charge in [0.25, 0.3) is 11.7 Å². The number of rotatable bonds is 4. The van der Waals surface area contributed by atoms with Gasteiger partial charge in [0.2, 0.25) is 0 Å². The summed E-state index contributed by atoms with van der Waals surface area (Å²) in [6.45, 7) is 0. The Kier molecular flexibility index (Phi) is 5.36. The zero-order valence-corrected chi connectivity index (χ0v) is 16.8. The summed E-state index contributed by atoms with van der Waals surface area (Å²) in [6, 6.07) is 13.0. The van der Waals surface area contributed by atoms with Crippen LogP contribution in [0.3, 0.4) is 0 Å². The molecule has 6 nitrogen and oxygen atoms in total. The highest BCUT2D eigenvalue weighted by atomic mass is 19.1. The number of benzene rings is 3. The van der Waals surface area contributed by atoms with Crippen molar-refractivity contribution in [3.8, 4) is 11.5 Å². The summed E-state index contributed by atoms with van der Waals surface area (Å²) in [5, 5.41) is 21.0. The van der Waals surface area contributed by atoms with Crippen LogP contribution in [0, 0.1) is 11.6 Å². The van der Waals surface area contributed by atoms with E-state index in [1.165, 1.54) is 49.6 Å². The molecule has 0 saturated carbocycles. The zero-order valence-electron chi connectivity index (χ0n) is 16.8. The van der Waals surface area contributed by atoms with Crippen LogP contribution in [0.2, 0.25) is 0 Å². The molecule has 162 valence electrons. The molecule has 3 aromatic rings. The van der Waals surface area contributed by atoms with Crippen LogP contribution < -0.4 is 9.64 Å². The highest BCUT2D eigenvalue weighted by Crippen LogP contribution is 2.43. The lowest BCUT2D eigenvalue weighted by molar-refractivity contribution is -0.132. The second kappa shape index (κ2) is 8.14. The van der Waals surface area contributed by atoms with Gasteiger partial charge in [-0.05, 0) is 54.1 Å². The van der Waals surface area contributed by atoms with Crippen molar-refractivity contribution in [2.24, 2.45) is 0 Å². The molecule has 0 bridgehead atoms. The van der Waals surface area contributed by atoms with Crippen LogP contribution in [-0.2, 0) is 9.59 Å². The van der Waals surface area contributed by atoms with E-state index < -0.39 is 35.1 Å². The maximum absolute atomic E-state index is 13.9. The van der Waals surface area contributed by atoms with Gasteiger partial charge < -0.3 is 14.9 Å². The molecule has 1 aliphatic rings. The minimum absolute atomic E-state index is 0.0747. The molecule has 1 heterocycles. The zero-order chi connectivity index (χ0) is 23.0. The number of halogens is 2. The lowest BCUT2D eigenvalue weighted by atomic mass is 9.94. The van der Waals surface area contributed by atoms with Crippen molar-refractivity contribution < 1.29 is 33.3 Å². The first-order valence-corrected chi connectivity index (χ1v) is 9.51. The second-order valence-corrected chi connectivity index (χ2v) is 7.09. The maximum atomic E-state index is 13.9. The minimum Gasteiger partial charge on any atom is -0.508 e. The van der Waals surface area contributed by atoms with Crippen molar-refractivity contribution >= 4 is 23.1 Å². The van der Waals surface area contributed by atoms with Gasteiger partial charge in [0.05, 0.1) is 24.3 Å². The van der Waals surface area contributed by atoms with E-state index in [0.717, 1.165) is 23.1 Å². The molecule has 1 saturated heterocycles. The van der Waals surface area contributed by atoms with Crippen LogP contribution in [0.15, 0.2) is 72.3 Å². The SMILES string of the molecule is COc1ccc(F)cc1/C(O)=C1\C(=O)C(=O)N(c2cccc(F)c2)C1c1cccc(O)c1. The molecule has 3 aromatic carbocycles. The number of ketones is 1. The molecule has 1 aliphatic heterocycles. The topological polar surface area (TPSA) is 87.1 Å². The normalized spacial score (nSPS) is 17.6. The first-order valence-electron chi connectivity index (χ1n) is 9.51. The third-order valence-corrected chi connectivity index (χ3v) is 5.13. The van der Waals surface area contributed by atoms with Gasteiger partial charge in [-0.1, -0.05) is 18.2 Å². The lowest BCUT2D eigenvalue weighted by Gasteiger charge is -2.25. The van der Waals surface area contributed by atoms with Crippen LogP contribution >= 0.6 is 0 Å². The predicted molar refractivity (Wildman–Crippen MR) is 112 cm³/mol. The van der Waals surface area contributed by atoms with Gasteiger partial charge in [-0.3, -0.25) is 14.5 Å². The Hall–Kier alpha value is -4.20. The molecule has 0 spiro atoms. The number of hydrogen-bond donors (Lipinski definition) is 2. The maximum Gasteiger partial charge on any atom is 0.300 e. The average Bonchev–Trinajstić information content (AvgIpc) is 3.04. The molecule has 32 heavy (non-hydrogen) atoms. The van der Waals surface area contributed by atoms with Crippen molar-refractivity contribution in [3.05, 3.63) is 95.1 Å². The van der Waals surface area contributed by atoms with Gasteiger partial charge in [0, 0.05) is 5.69 Å². The number of aliphatic hydroxyl groups excluding tert-OH is 1. The van der Waals surface area contributed by atoms with E-state index in [4.69, 9.17) is 4.74 Å². The molecule has 2 N–H and O–H groups in total. The number of amides is 1. The molecular formula is C24H17F2NO5. The summed E-state index contributed by atoms with van der Waals surface area (Å²) in [6.07, 6.45) is 0. The summed E-state index contributed by atoms with van der Waals surface area (Å²) < 4.78 is 33.0. The average molecular weight is 437 g/mol. The molecule has 0 aromatic heterocycles. The fourth-order valence-corrected chi connectivity index (χ4v) is 3.75. The number of aromatic hydroxyl groups is 1. The van der Waals surface area contributed by atoms with Crippen molar-refractivity contribution in [2.75, 3.05) is 12.0 Å². The number of aliphatic hydroxyl groups is 1. The number of nitrogens with zero attached hydrogens (tertiary/aromatic N) is 1. The number of anilines is 1. The number of carbonyl (C=O) groups excluding carboxylic acids is 2. The summed E-state index contributed by atoms with van der Waals surface area (Å²) in [5.41, 5.74) is -0.125.